The zero-order valence-corrected chi connectivity index (χ0v) is 24.9. The fourth-order valence-electron chi connectivity index (χ4n) is 6.35. The molecule has 45 heavy (non-hydrogen) atoms. The standard InChI is InChI=1S/C37H20Cl2N2O4/c38-30-17-15-28-32-24(30)3-1-5-26(32)34(42)40(36(28)44)22-11-7-20(8-12-22)19-21-9-13-23(14-10-21)41-35(43)27-6-2-4-25-31(39)18-16-29(33(25)27)37(41)45/h1-18H,19H2. The number of benzene rings is 6. The van der Waals surface area contributed by atoms with Gasteiger partial charge in [0.25, 0.3) is 23.6 Å². The Morgan fingerprint density at radius 1 is 0.422 bits per heavy atom. The van der Waals surface area contributed by atoms with Crippen molar-refractivity contribution in [3.05, 3.63) is 153 Å². The second-order valence-corrected chi connectivity index (χ2v) is 11.9. The molecule has 216 valence electrons. The minimum atomic E-state index is -0.396. The summed E-state index contributed by atoms with van der Waals surface area (Å²) < 4.78 is 0. The zero-order chi connectivity index (χ0) is 31.0. The molecule has 0 atom stereocenters. The van der Waals surface area contributed by atoms with Crippen LogP contribution in [0.4, 0.5) is 11.4 Å². The number of rotatable bonds is 4. The third-order valence-corrected chi connectivity index (χ3v) is 9.17. The van der Waals surface area contributed by atoms with Gasteiger partial charge in [-0.25, -0.2) is 9.80 Å². The molecular weight excluding hydrogens is 607 g/mol. The van der Waals surface area contributed by atoms with E-state index in [2.05, 4.69) is 0 Å². The van der Waals surface area contributed by atoms with Crippen LogP contribution >= 0.6 is 23.2 Å². The molecule has 4 amide bonds. The van der Waals surface area contributed by atoms with Crippen molar-refractivity contribution < 1.29 is 19.2 Å². The van der Waals surface area contributed by atoms with E-state index in [-0.39, 0.29) is 0 Å². The monoisotopic (exact) mass is 626 g/mol. The van der Waals surface area contributed by atoms with E-state index >= 15 is 0 Å². The number of carbonyl (C=O) groups is 4. The highest BCUT2D eigenvalue weighted by atomic mass is 35.5. The molecule has 0 saturated heterocycles. The van der Waals surface area contributed by atoms with E-state index in [0.29, 0.717) is 71.6 Å². The lowest BCUT2D eigenvalue weighted by Gasteiger charge is -2.27. The van der Waals surface area contributed by atoms with Crippen molar-refractivity contribution in [1.29, 1.82) is 0 Å². The number of amides is 4. The topological polar surface area (TPSA) is 74.8 Å². The van der Waals surface area contributed by atoms with Crippen LogP contribution in [0.25, 0.3) is 21.5 Å². The van der Waals surface area contributed by atoms with Crippen LogP contribution in [0.5, 0.6) is 0 Å². The number of imide groups is 2. The van der Waals surface area contributed by atoms with E-state index in [0.717, 1.165) is 11.1 Å². The second kappa shape index (κ2) is 10.1. The van der Waals surface area contributed by atoms with Crippen molar-refractivity contribution in [3.63, 3.8) is 0 Å². The van der Waals surface area contributed by atoms with Crippen LogP contribution < -0.4 is 9.80 Å². The molecule has 6 aromatic rings. The third kappa shape index (κ3) is 4.10. The molecule has 6 aromatic carbocycles. The highest BCUT2D eigenvalue weighted by Crippen LogP contribution is 2.37. The van der Waals surface area contributed by atoms with Crippen molar-refractivity contribution >= 4 is 79.8 Å². The van der Waals surface area contributed by atoms with Crippen LogP contribution in [0.3, 0.4) is 0 Å². The molecule has 0 spiro atoms. The second-order valence-electron chi connectivity index (χ2n) is 11.0. The molecule has 0 fully saturated rings. The SMILES string of the molecule is O=C1c2cccc3c(Cl)ccc(c23)C(=O)N1c1ccc(Cc2ccc(N3C(=O)c4cccc5c(Cl)ccc(c45)C3=O)cc2)cc1. The Kier molecular flexibility index (Phi) is 6.14. The number of hydrogen-bond acceptors (Lipinski definition) is 4. The van der Waals surface area contributed by atoms with E-state index < -0.39 is 23.6 Å². The summed E-state index contributed by atoms with van der Waals surface area (Å²) in [4.78, 5) is 56.2. The fraction of sp³-hybridized carbons (Fsp3) is 0.0270. The normalized spacial score (nSPS) is 14.2. The number of nitrogens with zero attached hydrogens (tertiary/aromatic N) is 2. The Balaban J connectivity index is 1.04. The molecule has 0 aromatic heterocycles. The van der Waals surface area contributed by atoms with Crippen LogP contribution in [0.15, 0.2) is 109 Å². The Morgan fingerprint density at radius 2 is 0.778 bits per heavy atom. The van der Waals surface area contributed by atoms with Gasteiger partial charge in [0.1, 0.15) is 0 Å². The molecule has 0 unspecified atom stereocenters. The van der Waals surface area contributed by atoms with Gasteiger partial charge in [0.2, 0.25) is 0 Å². The van der Waals surface area contributed by atoms with Crippen LogP contribution in [0, 0.1) is 0 Å². The highest BCUT2D eigenvalue weighted by Gasteiger charge is 2.35. The maximum Gasteiger partial charge on any atom is 0.265 e. The average Bonchev–Trinajstić information content (AvgIpc) is 3.05. The summed E-state index contributed by atoms with van der Waals surface area (Å²) in [5, 5.41) is 3.49. The molecular formula is C37H20Cl2N2O4. The highest BCUT2D eigenvalue weighted by molar-refractivity contribution is 6.42. The van der Waals surface area contributed by atoms with Crippen LogP contribution in [-0.2, 0) is 6.42 Å². The molecule has 0 aliphatic carbocycles. The van der Waals surface area contributed by atoms with Crippen molar-refractivity contribution in [1.82, 2.24) is 0 Å². The summed E-state index contributed by atoms with van der Waals surface area (Å²) in [6, 6.07) is 31.8. The molecule has 8 heteroatoms. The quantitative estimate of drug-likeness (QED) is 0.184. The van der Waals surface area contributed by atoms with Crippen molar-refractivity contribution in [2.24, 2.45) is 0 Å². The fourth-order valence-corrected chi connectivity index (χ4v) is 6.79. The van der Waals surface area contributed by atoms with Gasteiger partial charge in [-0.1, -0.05) is 71.7 Å². The van der Waals surface area contributed by atoms with Gasteiger partial charge in [-0.05, 0) is 78.2 Å². The van der Waals surface area contributed by atoms with Gasteiger partial charge in [-0.3, -0.25) is 19.2 Å². The largest absolute Gasteiger partial charge is 0.268 e. The predicted octanol–water partition coefficient (Wildman–Crippen LogP) is 8.49. The first-order valence-electron chi connectivity index (χ1n) is 14.2. The van der Waals surface area contributed by atoms with Crippen LogP contribution in [0.2, 0.25) is 10.0 Å². The molecule has 0 bridgehead atoms. The van der Waals surface area contributed by atoms with Crippen molar-refractivity contribution in [2.45, 2.75) is 6.42 Å². The Morgan fingerprint density at radius 3 is 1.16 bits per heavy atom. The zero-order valence-electron chi connectivity index (χ0n) is 23.4. The summed E-state index contributed by atoms with van der Waals surface area (Å²) in [5.41, 5.74) is 4.60. The minimum Gasteiger partial charge on any atom is -0.268 e. The summed E-state index contributed by atoms with van der Waals surface area (Å²) in [6.45, 7) is 0. The summed E-state index contributed by atoms with van der Waals surface area (Å²) >= 11 is 12.7. The molecule has 2 heterocycles. The van der Waals surface area contributed by atoms with Gasteiger partial charge in [0.15, 0.2) is 0 Å². The summed E-state index contributed by atoms with van der Waals surface area (Å²) in [7, 11) is 0. The predicted molar refractivity (Wildman–Crippen MR) is 176 cm³/mol. The number of anilines is 2. The Labute approximate surface area is 267 Å². The molecule has 0 radical (unpaired) electrons. The molecule has 8 rings (SSSR count). The number of hydrogen-bond donors (Lipinski definition) is 0. The molecule has 0 saturated carbocycles. The maximum absolute atomic E-state index is 13.4. The lowest BCUT2D eigenvalue weighted by atomic mass is 9.93. The van der Waals surface area contributed by atoms with Gasteiger partial charge < -0.3 is 0 Å². The average molecular weight is 627 g/mol. The Hall–Kier alpha value is -5.30. The van der Waals surface area contributed by atoms with Crippen molar-refractivity contribution in [3.8, 4) is 0 Å². The first kappa shape index (κ1) is 27.3. The molecule has 2 aliphatic rings. The van der Waals surface area contributed by atoms with Gasteiger partial charge in [-0.15, -0.1) is 0 Å². The maximum atomic E-state index is 13.4. The van der Waals surface area contributed by atoms with E-state index in [4.69, 9.17) is 23.2 Å². The van der Waals surface area contributed by atoms with E-state index in [9.17, 15) is 19.2 Å². The lowest BCUT2D eigenvalue weighted by Crippen LogP contribution is -2.40. The van der Waals surface area contributed by atoms with Crippen LogP contribution in [0.1, 0.15) is 52.6 Å². The molecule has 2 aliphatic heterocycles. The third-order valence-electron chi connectivity index (χ3n) is 8.51. The molecule has 0 N–H and O–H groups in total. The number of halogens is 2. The lowest BCUT2D eigenvalue weighted by molar-refractivity contribution is 0.0877. The van der Waals surface area contributed by atoms with E-state index in [1.807, 2.05) is 24.3 Å². The first-order chi connectivity index (χ1) is 21.8. The van der Waals surface area contributed by atoms with Crippen LogP contribution in [-0.4, -0.2) is 23.6 Å². The summed E-state index contributed by atoms with van der Waals surface area (Å²) in [5.74, 6) is -1.58. The van der Waals surface area contributed by atoms with Crippen molar-refractivity contribution in [2.75, 3.05) is 9.80 Å². The van der Waals surface area contributed by atoms with E-state index in [1.165, 1.54) is 9.80 Å². The van der Waals surface area contributed by atoms with Gasteiger partial charge >= 0.3 is 0 Å². The summed E-state index contributed by atoms with van der Waals surface area (Å²) in [6.07, 6.45) is 0.561. The van der Waals surface area contributed by atoms with Gasteiger partial charge in [-0.2, -0.15) is 0 Å². The van der Waals surface area contributed by atoms with E-state index in [1.54, 1.807) is 84.9 Å². The molecule has 6 nitrogen and oxygen atoms in total. The van der Waals surface area contributed by atoms with Gasteiger partial charge in [0, 0.05) is 53.8 Å². The van der Waals surface area contributed by atoms with Gasteiger partial charge in [0.05, 0.1) is 11.4 Å². The first-order valence-corrected chi connectivity index (χ1v) is 15.0. The number of carbonyl (C=O) groups excluding carboxylic acids is 4. The smallest absolute Gasteiger partial charge is 0.265 e. The minimum absolute atomic E-state index is 0.396. The Bertz CT molecular complexity index is 2090.